The normalized spacial score (nSPS) is 16.5. The van der Waals surface area contributed by atoms with E-state index >= 15 is 0 Å². The fraction of sp³-hybridized carbons (Fsp3) is 0.304. The van der Waals surface area contributed by atoms with Crippen molar-refractivity contribution < 1.29 is 9.53 Å². The predicted molar refractivity (Wildman–Crippen MR) is 125 cm³/mol. The van der Waals surface area contributed by atoms with Crippen LogP contribution in [0.4, 0.5) is 10.8 Å². The molecule has 32 heavy (non-hydrogen) atoms. The number of hydrogen-bond acceptors (Lipinski definition) is 7. The molecule has 0 aliphatic carbocycles. The summed E-state index contributed by atoms with van der Waals surface area (Å²) in [7, 11) is 0. The molecule has 1 amide bonds. The van der Waals surface area contributed by atoms with Crippen LogP contribution in [0.5, 0.6) is 0 Å². The lowest BCUT2D eigenvalue weighted by molar-refractivity contribution is -0.0248. The second kappa shape index (κ2) is 8.33. The summed E-state index contributed by atoms with van der Waals surface area (Å²) in [4.78, 5) is 25.3. The van der Waals surface area contributed by atoms with Crippen molar-refractivity contribution in [3.8, 4) is 0 Å². The van der Waals surface area contributed by atoms with Crippen LogP contribution >= 0.6 is 11.3 Å². The Morgan fingerprint density at radius 2 is 2.12 bits per heavy atom. The van der Waals surface area contributed by atoms with Crippen LogP contribution in [0.2, 0.25) is 0 Å². The van der Waals surface area contributed by atoms with Crippen molar-refractivity contribution in [3.05, 3.63) is 64.1 Å². The maximum Gasteiger partial charge on any atom is 0.275 e. The van der Waals surface area contributed by atoms with Gasteiger partial charge in [-0.1, -0.05) is 11.6 Å². The monoisotopic (exact) mass is 448 g/mol. The number of carbonyl (C=O) groups excluding carboxylic acids is 1. The Hall–Kier alpha value is -3.30. The number of hydrogen-bond donors (Lipinski definition) is 2. The van der Waals surface area contributed by atoms with Gasteiger partial charge in [-0.15, -0.1) is 11.3 Å². The van der Waals surface area contributed by atoms with Crippen molar-refractivity contribution in [2.45, 2.75) is 26.9 Å². The Bertz CT molecular complexity index is 1300. The highest BCUT2D eigenvalue weighted by Gasteiger charge is 2.29. The average molecular weight is 449 g/mol. The van der Waals surface area contributed by atoms with Crippen LogP contribution in [0, 0.1) is 20.8 Å². The molecule has 0 saturated carbocycles. The van der Waals surface area contributed by atoms with Gasteiger partial charge in [-0.25, -0.2) is 4.98 Å². The number of ether oxygens (including phenoxy) is 1. The minimum Gasteiger partial charge on any atom is -0.368 e. The van der Waals surface area contributed by atoms with E-state index in [1.54, 1.807) is 16.2 Å². The van der Waals surface area contributed by atoms with Crippen LogP contribution in [0.15, 0.2) is 36.5 Å². The molecule has 0 spiro atoms. The smallest absolute Gasteiger partial charge is 0.275 e. The van der Waals surface area contributed by atoms with E-state index in [9.17, 15) is 4.79 Å². The topological polar surface area (TPSA) is 96.0 Å². The molecule has 1 atom stereocenters. The molecule has 8 nitrogen and oxygen atoms in total. The van der Waals surface area contributed by atoms with Crippen molar-refractivity contribution in [2.75, 3.05) is 25.0 Å². The number of morpholine rings is 1. The molecule has 9 heteroatoms. The number of anilines is 2. The number of carbonyl (C=O) groups is 1. The van der Waals surface area contributed by atoms with E-state index in [0.717, 1.165) is 43.6 Å². The molecule has 5 rings (SSSR count). The Morgan fingerprint density at radius 3 is 2.94 bits per heavy atom. The number of aromatic amines is 1. The van der Waals surface area contributed by atoms with E-state index in [-0.39, 0.29) is 12.0 Å². The van der Waals surface area contributed by atoms with E-state index in [1.165, 1.54) is 0 Å². The van der Waals surface area contributed by atoms with Gasteiger partial charge in [0.2, 0.25) is 0 Å². The standard InChI is InChI=1S/C23H24N6O2S/c1-13-4-5-18-17(8-13)21(28-27-18)22(30)29-6-7-31-20(12-29)19-10-16(9-14(2)25-19)26-23-24-11-15(3)32-23/h4-5,8-11,20H,6-7,12H2,1-3H3,(H,27,28)(H,24,25,26)/t20-/m1/s1. The van der Waals surface area contributed by atoms with Gasteiger partial charge in [0.1, 0.15) is 6.10 Å². The molecular formula is C23H24N6O2S. The molecule has 4 aromatic rings. The molecule has 4 heterocycles. The molecule has 1 aliphatic rings. The number of thiazole rings is 1. The molecule has 0 unspecified atom stereocenters. The molecule has 1 saturated heterocycles. The van der Waals surface area contributed by atoms with Gasteiger partial charge in [-0.3, -0.25) is 14.9 Å². The molecule has 1 aromatic carbocycles. The summed E-state index contributed by atoms with van der Waals surface area (Å²) in [5, 5.41) is 12.3. The van der Waals surface area contributed by atoms with Crippen molar-refractivity contribution in [1.82, 2.24) is 25.1 Å². The molecule has 2 N–H and O–H groups in total. The maximum atomic E-state index is 13.3. The van der Waals surface area contributed by atoms with Gasteiger partial charge >= 0.3 is 0 Å². The van der Waals surface area contributed by atoms with Crippen LogP contribution in [0.25, 0.3) is 10.9 Å². The van der Waals surface area contributed by atoms with Gasteiger partial charge in [0.15, 0.2) is 10.8 Å². The lowest BCUT2D eigenvalue weighted by atomic mass is 10.1. The quantitative estimate of drug-likeness (QED) is 0.483. The highest BCUT2D eigenvalue weighted by Crippen LogP contribution is 2.28. The highest BCUT2D eigenvalue weighted by molar-refractivity contribution is 7.15. The number of benzene rings is 1. The van der Waals surface area contributed by atoms with E-state index < -0.39 is 0 Å². The number of nitrogens with one attached hydrogen (secondary N) is 2. The summed E-state index contributed by atoms with van der Waals surface area (Å²) in [5.74, 6) is -0.0978. The van der Waals surface area contributed by atoms with E-state index in [1.807, 2.05) is 57.3 Å². The molecule has 164 valence electrons. The lowest BCUT2D eigenvalue weighted by Crippen LogP contribution is -2.42. The van der Waals surface area contributed by atoms with Crippen LogP contribution in [0.3, 0.4) is 0 Å². The third-order valence-electron chi connectivity index (χ3n) is 5.45. The van der Waals surface area contributed by atoms with Gasteiger partial charge in [-0.2, -0.15) is 5.10 Å². The first-order valence-electron chi connectivity index (χ1n) is 10.5. The van der Waals surface area contributed by atoms with E-state index in [0.29, 0.717) is 25.4 Å². The van der Waals surface area contributed by atoms with Gasteiger partial charge < -0.3 is 15.0 Å². The minimum atomic E-state index is -0.307. The molecule has 1 aliphatic heterocycles. The van der Waals surface area contributed by atoms with Crippen LogP contribution in [-0.4, -0.2) is 50.7 Å². The zero-order chi connectivity index (χ0) is 22.2. The number of nitrogens with zero attached hydrogens (tertiary/aromatic N) is 4. The first-order valence-corrected chi connectivity index (χ1v) is 11.3. The molecule has 1 fully saturated rings. The summed E-state index contributed by atoms with van der Waals surface area (Å²) in [6, 6.07) is 9.89. The zero-order valence-corrected chi connectivity index (χ0v) is 19.0. The van der Waals surface area contributed by atoms with Crippen LogP contribution in [0.1, 0.15) is 38.4 Å². The fourth-order valence-electron chi connectivity index (χ4n) is 3.92. The van der Waals surface area contributed by atoms with E-state index in [4.69, 9.17) is 4.74 Å². The number of rotatable bonds is 4. The van der Waals surface area contributed by atoms with Crippen LogP contribution < -0.4 is 5.32 Å². The number of amides is 1. The fourth-order valence-corrected chi connectivity index (χ4v) is 4.61. The Kier molecular flexibility index (Phi) is 5.36. The van der Waals surface area contributed by atoms with Gasteiger partial charge in [0.05, 0.1) is 24.4 Å². The van der Waals surface area contributed by atoms with Gasteiger partial charge in [0.25, 0.3) is 5.91 Å². The predicted octanol–water partition coefficient (Wildman–Crippen LogP) is 4.30. The van der Waals surface area contributed by atoms with Crippen molar-refractivity contribution in [1.29, 1.82) is 0 Å². The van der Waals surface area contributed by atoms with Crippen molar-refractivity contribution >= 4 is 39.0 Å². The first kappa shape index (κ1) is 20.6. The molecular weight excluding hydrogens is 424 g/mol. The number of aryl methyl sites for hydroxylation is 3. The average Bonchev–Trinajstić information content (AvgIpc) is 3.38. The highest BCUT2D eigenvalue weighted by atomic mass is 32.1. The first-order chi connectivity index (χ1) is 15.5. The second-order valence-electron chi connectivity index (χ2n) is 8.05. The number of pyridine rings is 1. The Balaban J connectivity index is 1.37. The van der Waals surface area contributed by atoms with Crippen molar-refractivity contribution in [2.24, 2.45) is 0 Å². The number of fused-ring (bicyclic) bond motifs is 1. The summed E-state index contributed by atoms with van der Waals surface area (Å²) < 4.78 is 6.01. The third-order valence-corrected chi connectivity index (χ3v) is 6.28. The Labute approximate surface area is 189 Å². The number of aromatic nitrogens is 4. The maximum absolute atomic E-state index is 13.3. The zero-order valence-electron chi connectivity index (χ0n) is 18.2. The van der Waals surface area contributed by atoms with Crippen LogP contribution in [-0.2, 0) is 4.74 Å². The summed E-state index contributed by atoms with van der Waals surface area (Å²) >= 11 is 1.60. The molecule has 0 bridgehead atoms. The van der Waals surface area contributed by atoms with Crippen molar-refractivity contribution in [3.63, 3.8) is 0 Å². The second-order valence-corrected chi connectivity index (χ2v) is 9.29. The third kappa shape index (κ3) is 4.09. The van der Waals surface area contributed by atoms with Gasteiger partial charge in [0, 0.05) is 34.4 Å². The summed E-state index contributed by atoms with van der Waals surface area (Å²) in [6.07, 6.45) is 1.54. The number of H-pyrrole nitrogens is 1. The summed E-state index contributed by atoms with van der Waals surface area (Å²) in [6.45, 7) is 7.37. The summed E-state index contributed by atoms with van der Waals surface area (Å²) in [5.41, 5.74) is 4.97. The SMILES string of the molecule is Cc1ccc2[nH]nc(C(=O)N3CCO[C@@H](c4cc(Nc5ncc(C)s5)cc(C)n4)C3)c2c1. The molecule has 0 radical (unpaired) electrons. The largest absolute Gasteiger partial charge is 0.368 e. The van der Waals surface area contributed by atoms with Gasteiger partial charge in [-0.05, 0) is 45.0 Å². The molecule has 3 aromatic heterocycles. The lowest BCUT2D eigenvalue weighted by Gasteiger charge is -2.32. The Morgan fingerprint density at radius 1 is 1.25 bits per heavy atom. The van der Waals surface area contributed by atoms with E-state index in [2.05, 4.69) is 25.5 Å². The minimum absolute atomic E-state index is 0.0978.